The average molecular weight is 264 g/mol. The van der Waals surface area contributed by atoms with Crippen molar-refractivity contribution < 1.29 is 9.90 Å². The summed E-state index contributed by atoms with van der Waals surface area (Å²) in [6.07, 6.45) is 1.38. The Kier molecular flexibility index (Phi) is 3.05. The number of pyridine rings is 1. The van der Waals surface area contributed by atoms with Crippen LogP contribution in [-0.2, 0) is 0 Å². The summed E-state index contributed by atoms with van der Waals surface area (Å²) < 4.78 is 0. The molecular formula is C16H12N2O2. The quantitative estimate of drug-likeness (QED) is 0.757. The molecule has 98 valence electrons. The number of fused-ring (bicyclic) bond motifs is 1. The first-order chi connectivity index (χ1) is 9.75. The lowest BCUT2D eigenvalue weighted by Gasteiger charge is -2.12. The van der Waals surface area contributed by atoms with Crippen LogP contribution in [0.5, 0.6) is 0 Å². The molecular weight excluding hydrogens is 252 g/mol. The Hall–Kier alpha value is -2.88. The summed E-state index contributed by atoms with van der Waals surface area (Å²) in [6, 6.07) is 16.9. The zero-order valence-electron chi connectivity index (χ0n) is 10.6. The van der Waals surface area contributed by atoms with E-state index >= 15 is 0 Å². The fourth-order valence-corrected chi connectivity index (χ4v) is 2.10. The van der Waals surface area contributed by atoms with Crippen LogP contribution in [0.4, 0.5) is 11.4 Å². The van der Waals surface area contributed by atoms with Gasteiger partial charge in [0.25, 0.3) is 0 Å². The molecule has 3 rings (SSSR count). The van der Waals surface area contributed by atoms with Gasteiger partial charge in [-0.1, -0.05) is 36.4 Å². The lowest BCUT2D eigenvalue weighted by atomic mass is 10.1. The Morgan fingerprint density at radius 2 is 1.70 bits per heavy atom. The van der Waals surface area contributed by atoms with E-state index in [-0.39, 0.29) is 5.56 Å². The third kappa shape index (κ3) is 2.19. The van der Waals surface area contributed by atoms with Crippen molar-refractivity contribution in [1.29, 1.82) is 0 Å². The second kappa shape index (κ2) is 5.01. The molecule has 4 nitrogen and oxygen atoms in total. The lowest BCUT2D eigenvalue weighted by molar-refractivity contribution is 0.0697. The largest absolute Gasteiger partial charge is 0.478 e. The van der Waals surface area contributed by atoms with Gasteiger partial charge < -0.3 is 10.4 Å². The number of anilines is 2. The van der Waals surface area contributed by atoms with Gasteiger partial charge in [-0.05, 0) is 18.2 Å². The minimum atomic E-state index is -0.998. The maximum Gasteiger partial charge on any atom is 0.339 e. The summed E-state index contributed by atoms with van der Waals surface area (Å²) in [5, 5.41) is 13.3. The maximum absolute atomic E-state index is 11.4. The average Bonchev–Trinajstić information content (AvgIpc) is 2.48. The monoisotopic (exact) mass is 264 g/mol. The zero-order chi connectivity index (χ0) is 13.9. The molecule has 0 aliphatic heterocycles. The highest BCUT2D eigenvalue weighted by atomic mass is 16.4. The van der Waals surface area contributed by atoms with E-state index in [4.69, 9.17) is 0 Å². The molecule has 0 aliphatic carbocycles. The predicted molar refractivity (Wildman–Crippen MR) is 78.4 cm³/mol. The zero-order valence-corrected chi connectivity index (χ0v) is 10.6. The van der Waals surface area contributed by atoms with Crippen LogP contribution in [0, 0.1) is 0 Å². The topological polar surface area (TPSA) is 62.2 Å². The van der Waals surface area contributed by atoms with Crippen molar-refractivity contribution in [2.75, 3.05) is 5.32 Å². The minimum Gasteiger partial charge on any atom is -0.478 e. The summed E-state index contributed by atoms with van der Waals surface area (Å²) in [6.45, 7) is 0. The Morgan fingerprint density at radius 1 is 1.00 bits per heavy atom. The molecule has 3 aromatic rings. The molecule has 1 aromatic heterocycles. The van der Waals surface area contributed by atoms with E-state index in [1.807, 2.05) is 54.6 Å². The fraction of sp³-hybridized carbons (Fsp3) is 0. The van der Waals surface area contributed by atoms with Gasteiger partial charge >= 0.3 is 5.97 Å². The lowest BCUT2D eigenvalue weighted by Crippen LogP contribution is -2.04. The van der Waals surface area contributed by atoms with Gasteiger partial charge in [-0.2, -0.15) is 0 Å². The second-order valence-corrected chi connectivity index (χ2v) is 4.36. The smallest absolute Gasteiger partial charge is 0.339 e. The number of carboxylic acid groups (broad SMARTS) is 1. The van der Waals surface area contributed by atoms with E-state index < -0.39 is 5.97 Å². The standard InChI is InChI=1S/C16H12N2O2/c19-16(20)13-10-17-14-9-5-4-8-12(14)15(13)18-11-6-2-1-3-7-11/h1-10H,(H,17,18)(H,19,20). The van der Waals surface area contributed by atoms with Crippen molar-refractivity contribution in [1.82, 2.24) is 4.98 Å². The molecule has 0 fully saturated rings. The number of rotatable bonds is 3. The number of para-hydroxylation sites is 2. The fourth-order valence-electron chi connectivity index (χ4n) is 2.10. The molecule has 0 atom stereocenters. The number of aromatic nitrogens is 1. The Balaban J connectivity index is 2.20. The van der Waals surface area contributed by atoms with Crippen LogP contribution in [0.3, 0.4) is 0 Å². The van der Waals surface area contributed by atoms with E-state index in [9.17, 15) is 9.90 Å². The molecule has 0 amide bonds. The summed E-state index contributed by atoms with van der Waals surface area (Å²) in [5.41, 5.74) is 2.32. The first kappa shape index (κ1) is 12.2. The SMILES string of the molecule is O=C(O)c1cnc2ccccc2c1Nc1ccccc1. The number of nitrogens with one attached hydrogen (secondary N) is 1. The molecule has 0 radical (unpaired) electrons. The number of carboxylic acids is 1. The Morgan fingerprint density at radius 3 is 2.45 bits per heavy atom. The number of carbonyl (C=O) groups is 1. The molecule has 0 bridgehead atoms. The van der Waals surface area contributed by atoms with Crippen molar-refractivity contribution in [2.45, 2.75) is 0 Å². The van der Waals surface area contributed by atoms with Crippen LogP contribution in [0.25, 0.3) is 10.9 Å². The molecule has 4 heteroatoms. The molecule has 0 spiro atoms. The molecule has 2 N–H and O–H groups in total. The van der Waals surface area contributed by atoms with E-state index in [0.717, 1.165) is 16.6 Å². The highest BCUT2D eigenvalue weighted by Crippen LogP contribution is 2.28. The second-order valence-electron chi connectivity index (χ2n) is 4.36. The number of nitrogens with zero attached hydrogens (tertiary/aromatic N) is 1. The van der Waals surface area contributed by atoms with Gasteiger partial charge in [0.1, 0.15) is 5.56 Å². The predicted octanol–water partition coefficient (Wildman–Crippen LogP) is 3.68. The number of benzene rings is 2. The van der Waals surface area contributed by atoms with Gasteiger partial charge in [-0.15, -0.1) is 0 Å². The van der Waals surface area contributed by atoms with Crippen LogP contribution >= 0.6 is 0 Å². The van der Waals surface area contributed by atoms with Gasteiger partial charge in [-0.3, -0.25) is 4.98 Å². The first-order valence-electron chi connectivity index (χ1n) is 6.19. The van der Waals surface area contributed by atoms with Crippen LogP contribution in [0.1, 0.15) is 10.4 Å². The van der Waals surface area contributed by atoms with E-state index in [1.165, 1.54) is 6.20 Å². The van der Waals surface area contributed by atoms with Crippen molar-refractivity contribution in [3.05, 3.63) is 66.4 Å². The molecule has 0 saturated carbocycles. The first-order valence-corrected chi connectivity index (χ1v) is 6.19. The van der Waals surface area contributed by atoms with Crippen molar-refractivity contribution in [2.24, 2.45) is 0 Å². The third-order valence-corrected chi connectivity index (χ3v) is 3.05. The molecule has 0 saturated heterocycles. The Labute approximate surface area is 115 Å². The highest BCUT2D eigenvalue weighted by Gasteiger charge is 2.14. The molecule has 0 aliphatic rings. The van der Waals surface area contributed by atoms with Crippen LogP contribution in [0.2, 0.25) is 0 Å². The number of hydrogen-bond donors (Lipinski definition) is 2. The van der Waals surface area contributed by atoms with Crippen molar-refractivity contribution in [3.63, 3.8) is 0 Å². The van der Waals surface area contributed by atoms with Gasteiger partial charge in [0.15, 0.2) is 0 Å². The molecule has 20 heavy (non-hydrogen) atoms. The molecule has 1 heterocycles. The third-order valence-electron chi connectivity index (χ3n) is 3.05. The summed E-state index contributed by atoms with van der Waals surface area (Å²) in [7, 11) is 0. The Bertz CT molecular complexity index is 770. The van der Waals surface area contributed by atoms with E-state index in [2.05, 4.69) is 10.3 Å². The van der Waals surface area contributed by atoms with Crippen molar-refractivity contribution >= 4 is 28.2 Å². The van der Waals surface area contributed by atoms with Gasteiger partial charge in [-0.25, -0.2) is 4.79 Å². The summed E-state index contributed by atoms with van der Waals surface area (Å²) in [5.74, 6) is -0.998. The summed E-state index contributed by atoms with van der Waals surface area (Å²) in [4.78, 5) is 15.6. The van der Waals surface area contributed by atoms with Gasteiger partial charge in [0, 0.05) is 17.3 Å². The van der Waals surface area contributed by atoms with Gasteiger partial charge in [0.05, 0.1) is 11.2 Å². The maximum atomic E-state index is 11.4. The van der Waals surface area contributed by atoms with Crippen molar-refractivity contribution in [3.8, 4) is 0 Å². The number of aromatic carboxylic acids is 1. The highest BCUT2D eigenvalue weighted by molar-refractivity contribution is 6.05. The normalized spacial score (nSPS) is 10.4. The van der Waals surface area contributed by atoms with Crippen LogP contribution in [0.15, 0.2) is 60.8 Å². The van der Waals surface area contributed by atoms with E-state index in [1.54, 1.807) is 0 Å². The minimum absolute atomic E-state index is 0.160. The number of hydrogen-bond acceptors (Lipinski definition) is 3. The molecule has 0 unspecified atom stereocenters. The van der Waals surface area contributed by atoms with Gasteiger partial charge in [0.2, 0.25) is 0 Å². The molecule has 2 aromatic carbocycles. The summed E-state index contributed by atoms with van der Waals surface area (Å²) >= 11 is 0. The van der Waals surface area contributed by atoms with Crippen LogP contribution in [-0.4, -0.2) is 16.1 Å². The van der Waals surface area contributed by atoms with Crippen LogP contribution < -0.4 is 5.32 Å². The van der Waals surface area contributed by atoms with E-state index in [0.29, 0.717) is 5.69 Å².